The van der Waals surface area contributed by atoms with Crippen LogP contribution in [-0.4, -0.2) is 17.7 Å². The van der Waals surface area contributed by atoms with E-state index in [9.17, 15) is 4.79 Å². The molecule has 0 fully saturated rings. The maximum atomic E-state index is 13.6. The number of para-hydroxylation sites is 1. The van der Waals surface area contributed by atoms with Gasteiger partial charge in [-0.1, -0.05) is 48.5 Å². The summed E-state index contributed by atoms with van der Waals surface area (Å²) >= 11 is 0. The summed E-state index contributed by atoms with van der Waals surface area (Å²) in [5.74, 6) is 1.20. The largest absolute Gasteiger partial charge is 0.454 e. The van der Waals surface area contributed by atoms with Crippen molar-refractivity contribution in [1.82, 2.24) is 4.98 Å². The number of ether oxygens (including phenoxy) is 2. The molecular weight excluding hydrogens is 412 g/mol. The number of anilines is 1. The zero-order valence-electron chi connectivity index (χ0n) is 18.0. The zero-order chi connectivity index (χ0) is 22.2. The Labute approximate surface area is 191 Å². The predicted molar refractivity (Wildman–Crippen MR) is 130 cm³/mol. The number of carbonyl (C=O) groups excluding carboxylic acids is 1. The lowest BCUT2D eigenvalue weighted by Crippen LogP contribution is -2.19. The second-order valence-corrected chi connectivity index (χ2v) is 8.29. The van der Waals surface area contributed by atoms with E-state index in [1.165, 1.54) is 5.57 Å². The fourth-order valence-corrected chi connectivity index (χ4v) is 4.65. The van der Waals surface area contributed by atoms with Gasteiger partial charge in [-0.25, -0.2) is 4.98 Å². The third-order valence-corrected chi connectivity index (χ3v) is 6.17. The van der Waals surface area contributed by atoms with E-state index < -0.39 is 0 Å². The molecule has 1 amide bonds. The first-order valence-corrected chi connectivity index (χ1v) is 11.1. The molecular formula is C28H22N2O3. The Balaban J connectivity index is 1.46. The topological polar surface area (TPSA) is 60.5 Å². The number of hydrogen-bond acceptors (Lipinski definition) is 4. The molecule has 3 aromatic carbocycles. The molecule has 4 aromatic rings. The fourth-order valence-electron chi connectivity index (χ4n) is 4.65. The van der Waals surface area contributed by atoms with Crippen LogP contribution in [0.3, 0.4) is 0 Å². The summed E-state index contributed by atoms with van der Waals surface area (Å²) in [5, 5.41) is 3.94. The van der Waals surface area contributed by atoms with Gasteiger partial charge in [-0.2, -0.15) is 0 Å². The van der Waals surface area contributed by atoms with Gasteiger partial charge in [0, 0.05) is 17.1 Å². The summed E-state index contributed by atoms with van der Waals surface area (Å²) < 4.78 is 10.9. The van der Waals surface area contributed by atoms with Crippen LogP contribution in [0.1, 0.15) is 40.0 Å². The van der Waals surface area contributed by atoms with Gasteiger partial charge in [-0.15, -0.1) is 0 Å². The van der Waals surface area contributed by atoms with E-state index in [1.54, 1.807) is 6.07 Å². The van der Waals surface area contributed by atoms with Crippen molar-refractivity contribution in [1.29, 1.82) is 0 Å². The second-order valence-electron chi connectivity index (χ2n) is 8.29. The highest BCUT2D eigenvalue weighted by Gasteiger charge is 2.25. The average molecular weight is 434 g/mol. The van der Waals surface area contributed by atoms with Gasteiger partial charge < -0.3 is 14.8 Å². The summed E-state index contributed by atoms with van der Waals surface area (Å²) in [6.45, 7) is 0.200. The van der Waals surface area contributed by atoms with Crippen LogP contribution in [0, 0.1) is 0 Å². The normalized spacial score (nSPS) is 15.5. The average Bonchev–Trinajstić information content (AvgIpc) is 3.31. The zero-order valence-corrected chi connectivity index (χ0v) is 18.0. The Morgan fingerprint density at radius 1 is 0.909 bits per heavy atom. The summed E-state index contributed by atoms with van der Waals surface area (Å²) in [6, 6.07) is 23.6. The lowest BCUT2D eigenvalue weighted by Gasteiger charge is -2.23. The van der Waals surface area contributed by atoms with Crippen LogP contribution in [0.5, 0.6) is 11.5 Å². The van der Waals surface area contributed by atoms with Crippen molar-refractivity contribution < 1.29 is 14.3 Å². The van der Waals surface area contributed by atoms with Crippen molar-refractivity contribution in [2.45, 2.75) is 19.3 Å². The Hall–Kier alpha value is -4.12. The highest BCUT2D eigenvalue weighted by Crippen LogP contribution is 2.37. The van der Waals surface area contributed by atoms with E-state index in [0.717, 1.165) is 47.0 Å². The molecule has 0 spiro atoms. The molecule has 5 heteroatoms. The minimum absolute atomic E-state index is 0.135. The SMILES string of the molecule is O=C(Nc1ccc2c(c1)OCO2)c1c2c(nc3ccccc13)/C(=C/c1ccccc1)CCC2. The van der Waals surface area contributed by atoms with E-state index in [0.29, 0.717) is 22.7 Å². The van der Waals surface area contributed by atoms with Gasteiger partial charge in [-0.05, 0) is 60.2 Å². The number of hydrogen-bond donors (Lipinski definition) is 1. The molecule has 1 aliphatic heterocycles. The van der Waals surface area contributed by atoms with E-state index in [-0.39, 0.29) is 12.7 Å². The van der Waals surface area contributed by atoms with Gasteiger partial charge in [0.15, 0.2) is 11.5 Å². The van der Waals surface area contributed by atoms with Crippen LogP contribution in [0.25, 0.3) is 22.6 Å². The lowest BCUT2D eigenvalue weighted by atomic mass is 9.85. The van der Waals surface area contributed by atoms with Crippen molar-refractivity contribution in [3.05, 3.63) is 95.2 Å². The lowest BCUT2D eigenvalue weighted by molar-refractivity contribution is 0.102. The molecule has 1 aliphatic carbocycles. The van der Waals surface area contributed by atoms with Gasteiger partial charge in [0.25, 0.3) is 5.91 Å². The Morgan fingerprint density at radius 2 is 1.73 bits per heavy atom. The first kappa shape index (κ1) is 19.6. The molecule has 2 aliphatic rings. The summed E-state index contributed by atoms with van der Waals surface area (Å²) in [7, 11) is 0. The van der Waals surface area contributed by atoms with Crippen LogP contribution >= 0.6 is 0 Å². The molecule has 162 valence electrons. The van der Waals surface area contributed by atoms with E-state index in [2.05, 4.69) is 23.5 Å². The molecule has 0 saturated heterocycles. The Morgan fingerprint density at radius 3 is 2.64 bits per heavy atom. The number of nitrogens with one attached hydrogen (secondary N) is 1. The molecule has 0 unspecified atom stereocenters. The Kier molecular flexibility index (Phi) is 4.80. The number of carbonyl (C=O) groups is 1. The van der Waals surface area contributed by atoms with Gasteiger partial charge >= 0.3 is 0 Å². The molecule has 6 rings (SSSR count). The van der Waals surface area contributed by atoms with Crippen LogP contribution in [0.2, 0.25) is 0 Å². The van der Waals surface area contributed by atoms with Crippen LogP contribution in [0.15, 0.2) is 72.8 Å². The smallest absolute Gasteiger partial charge is 0.256 e. The number of rotatable bonds is 3. The van der Waals surface area contributed by atoms with Crippen molar-refractivity contribution in [2.75, 3.05) is 12.1 Å². The molecule has 1 N–H and O–H groups in total. The maximum absolute atomic E-state index is 13.6. The maximum Gasteiger partial charge on any atom is 0.256 e. The van der Waals surface area contributed by atoms with Crippen molar-refractivity contribution in [3.8, 4) is 11.5 Å². The predicted octanol–water partition coefficient (Wildman–Crippen LogP) is 6.09. The molecule has 0 radical (unpaired) electrons. The van der Waals surface area contributed by atoms with Crippen LogP contribution < -0.4 is 14.8 Å². The number of pyridine rings is 1. The van der Waals surface area contributed by atoms with Crippen molar-refractivity contribution in [3.63, 3.8) is 0 Å². The van der Waals surface area contributed by atoms with Gasteiger partial charge in [0.05, 0.1) is 16.8 Å². The fraction of sp³-hybridized carbons (Fsp3) is 0.143. The van der Waals surface area contributed by atoms with E-state index in [4.69, 9.17) is 14.5 Å². The third-order valence-electron chi connectivity index (χ3n) is 6.17. The van der Waals surface area contributed by atoms with E-state index in [1.807, 2.05) is 54.6 Å². The summed E-state index contributed by atoms with van der Waals surface area (Å²) in [4.78, 5) is 18.6. The van der Waals surface area contributed by atoms with Gasteiger partial charge in [0.1, 0.15) is 0 Å². The molecule has 0 bridgehead atoms. The number of fused-ring (bicyclic) bond motifs is 3. The molecule has 1 aromatic heterocycles. The van der Waals surface area contributed by atoms with Crippen molar-refractivity contribution >= 4 is 34.1 Å². The quantitative estimate of drug-likeness (QED) is 0.424. The molecule has 5 nitrogen and oxygen atoms in total. The minimum atomic E-state index is -0.135. The van der Waals surface area contributed by atoms with Crippen LogP contribution in [0.4, 0.5) is 5.69 Å². The number of allylic oxidation sites excluding steroid dienone is 1. The standard InChI is InChI=1S/C28H22N2O3/c31-28(29-20-13-14-24-25(16-20)33-17-32-24)26-21-10-4-5-12-23(21)30-27-19(9-6-11-22(26)27)15-18-7-2-1-3-8-18/h1-5,7-8,10,12-16H,6,9,11,17H2,(H,29,31)/b19-15+. The number of aromatic nitrogens is 1. The molecule has 2 heterocycles. The summed E-state index contributed by atoms with van der Waals surface area (Å²) in [6.07, 6.45) is 4.94. The van der Waals surface area contributed by atoms with Crippen LogP contribution in [-0.2, 0) is 6.42 Å². The Bertz CT molecular complexity index is 1410. The highest BCUT2D eigenvalue weighted by atomic mass is 16.7. The summed E-state index contributed by atoms with van der Waals surface area (Å²) in [5.41, 5.74) is 6.46. The second kappa shape index (κ2) is 8.10. The first-order chi connectivity index (χ1) is 16.3. The monoisotopic (exact) mass is 434 g/mol. The number of nitrogens with zero attached hydrogens (tertiary/aromatic N) is 1. The molecule has 0 saturated carbocycles. The third kappa shape index (κ3) is 3.61. The molecule has 0 atom stereocenters. The molecule has 33 heavy (non-hydrogen) atoms. The highest BCUT2D eigenvalue weighted by molar-refractivity contribution is 6.14. The first-order valence-electron chi connectivity index (χ1n) is 11.1. The van der Waals surface area contributed by atoms with Gasteiger partial charge in [-0.3, -0.25) is 4.79 Å². The minimum Gasteiger partial charge on any atom is -0.454 e. The van der Waals surface area contributed by atoms with E-state index >= 15 is 0 Å². The number of amides is 1. The van der Waals surface area contributed by atoms with Gasteiger partial charge in [0.2, 0.25) is 6.79 Å². The number of benzene rings is 3. The van der Waals surface area contributed by atoms with Crippen molar-refractivity contribution in [2.24, 2.45) is 0 Å².